The van der Waals surface area contributed by atoms with Gasteiger partial charge < -0.3 is 15.5 Å². The summed E-state index contributed by atoms with van der Waals surface area (Å²) in [6.45, 7) is 9.75. The fourth-order valence-corrected chi connectivity index (χ4v) is 2.94. The summed E-state index contributed by atoms with van der Waals surface area (Å²) < 4.78 is 0. The van der Waals surface area contributed by atoms with Gasteiger partial charge in [0.05, 0.1) is 0 Å². The molecule has 1 aliphatic heterocycles. The van der Waals surface area contributed by atoms with Crippen LogP contribution in [0.5, 0.6) is 0 Å². The number of carbonyl (C=O) groups excluding carboxylic acids is 1. The van der Waals surface area contributed by atoms with Crippen LogP contribution in [0.15, 0.2) is 0 Å². The third-order valence-corrected chi connectivity index (χ3v) is 4.52. The molecule has 1 aliphatic carbocycles. The van der Waals surface area contributed by atoms with Gasteiger partial charge in [0.15, 0.2) is 0 Å². The Morgan fingerprint density at radius 1 is 1.26 bits per heavy atom. The van der Waals surface area contributed by atoms with E-state index < -0.39 is 0 Å². The van der Waals surface area contributed by atoms with Crippen LogP contribution in [-0.2, 0) is 0 Å². The third-order valence-electron chi connectivity index (χ3n) is 4.52. The van der Waals surface area contributed by atoms with Gasteiger partial charge in [0.2, 0.25) is 0 Å². The monoisotopic (exact) mass is 267 g/mol. The maximum absolute atomic E-state index is 11.8. The largest absolute Gasteiger partial charge is 0.338 e. The van der Waals surface area contributed by atoms with Crippen LogP contribution in [-0.4, -0.2) is 42.6 Å². The van der Waals surface area contributed by atoms with Crippen LogP contribution in [0.3, 0.4) is 0 Å². The SMILES string of the molecule is CC(C)N1CCC[C@@H](CNC(=O)N[C@H](C)C2CC2)C1. The molecule has 1 saturated carbocycles. The van der Waals surface area contributed by atoms with E-state index in [1.165, 1.54) is 32.2 Å². The Kier molecular flexibility index (Phi) is 5.08. The van der Waals surface area contributed by atoms with Gasteiger partial charge >= 0.3 is 6.03 Å². The van der Waals surface area contributed by atoms with Crippen molar-refractivity contribution in [2.75, 3.05) is 19.6 Å². The molecule has 0 aromatic heterocycles. The number of piperidine rings is 1. The molecule has 0 bridgehead atoms. The molecule has 1 saturated heterocycles. The van der Waals surface area contributed by atoms with E-state index in [-0.39, 0.29) is 6.03 Å². The van der Waals surface area contributed by atoms with Crippen molar-refractivity contribution in [3.05, 3.63) is 0 Å². The van der Waals surface area contributed by atoms with Gasteiger partial charge in [0.1, 0.15) is 0 Å². The van der Waals surface area contributed by atoms with E-state index in [1.807, 2.05) is 0 Å². The maximum atomic E-state index is 11.8. The molecule has 2 aliphatic rings. The van der Waals surface area contributed by atoms with Crippen LogP contribution in [0.1, 0.15) is 46.5 Å². The first kappa shape index (κ1) is 14.6. The summed E-state index contributed by atoms with van der Waals surface area (Å²) in [5.74, 6) is 1.33. The molecule has 2 fully saturated rings. The summed E-state index contributed by atoms with van der Waals surface area (Å²) in [5.41, 5.74) is 0. The molecule has 2 atom stereocenters. The van der Waals surface area contributed by atoms with Crippen molar-refractivity contribution in [3.8, 4) is 0 Å². The average Bonchev–Trinajstić information content (AvgIpc) is 3.21. The first-order valence-corrected chi connectivity index (χ1v) is 7.84. The molecule has 0 unspecified atom stereocenters. The normalized spacial score (nSPS) is 26.2. The Morgan fingerprint density at radius 2 is 2.00 bits per heavy atom. The molecule has 0 radical (unpaired) electrons. The Bertz CT molecular complexity index is 302. The van der Waals surface area contributed by atoms with Gasteiger partial charge in [0, 0.05) is 25.2 Å². The number of nitrogens with zero attached hydrogens (tertiary/aromatic N) is 1. The van der Waals surface area contributed by atoms with E-state index in [9.17, 15) is 4.79 Å². The van der Waals surface area contributed by atoms with Crippen molar-refractivity contribution in [1.29, 1.82) is 0 Å². The minimum absolute atomic E-state index is 0.0149. The molecule has 2 rings (SSSR count). The maximum Gasteiger partial charge on any atom is 0.315 e. The first-order valence-electron chi connectivity index (χ1n) is 7.84. The fourth-order valence-electron chi connectivity index (χ4n) is 2.94. The second-order valence-electron chi connectivity index (χ2n) is 6.58. The zero-order valence-electron chi connectivity index (χ0n) is 12.6. The van der Waals surface area contributed by atoms with Crippen LogP contribution < -0.4 is 10.6 Å². The van der Waals surface area contributed by atoms with Crippen LogP contribution in [0.2, 0.25) is 0 Å². The van der Waals surface area contributed by atoms with Crippen LogP contribution in [0.25, 0.3) is 0 Å². The van der Waals surface area contributed by atoms with E-state index in [0.717, 1.165) is 19.0 Å². The highest BCUT2D eigenvalue weighted by molar-refractivity contribution is 5.74. The number of hydrogen-bond acceptors (Lipinski definition) is 2. The van der Waals surface area contributed by atoms with E-state index in [1.54, 1.807) is 0 Å². The minimum atomic E-state index is 0.0149. The van der Waals surface area contributed by atoms with Crippen molar-refractivity contribution >= 4 is 6.03 Å². The number of rotatable bonds is 5. The number of likely N-dealkylation sites (tertiary alicyclic amines) is 1. The highest BCUT2D eigenvalue weighted by Gasteiger charge is 2.29. The topological polar surface area (TPSA) is 44.4 Å². The lowest BCUT2D eigenvalue weighted by Crippen LogP contribution is -2.47. The lowest BCUT2D eigenvalue weighted by molar-refractivity contribution is 0.139. The zero-order chi connectivity index (χ0) is 13.8. The Morgan fingerprint density at radius 3 is 2.63 bits per heavy atom. The van der Waals surface area contributed by atoms with Crippen molar-refractivity contribution < 1.29 is 4.79 Å². The quantitative estimate of drug-likeness (QED) is 0.802. The van der Waals surface area contributed by atoms with E-state index >= 15 is 0 Å². The smallest absolute Gasteiger partial charge is 0.315 e. The van der Waals surface area contributed by atoms with Gasteiger partial charge in [-0.2, -0.15) is 0 Å². The van der Waals surface area contributed by atoms with E-state index in [4.69, 9.17) is 0 Å². The van der Waals surface area contributed by atoms with Crippen LogP contribution >= 0.6 is 0 Å². The number of nitrogens with one attached hydrogen (secondary N) is 2. The van der Waals surface area contributed by atoms with Crippen molar-refractivity contribution in [2.24, 2.45) is 11.8 Å². The van der Waals surface area contributed by atoms with Crippen LogP contribution in [0, 0.1) is 11.8 Å². The third kappa shape index (κ3) is 4.68. The van der Waals surface area contributed by atoms with Gasteiger partial charge in [-0.25, -0.2) is 4.79 Å². The van der Waals surface area contributed by atoms with Gasteiger partial charge in [-0.1, -0.05) is 0 Å². The summed E-state index contributed by atoms with van der Waals surface area (Å²) in [6, 6.07) is 0.964. The predicted octanol–water partition coefficient (Wildman–Crippen LogP) is 2.20. The summed E-state index contributed by atoms with van der Waals surface area (Å²) in [5, 5.41) is 6.10. The molecule has 4 nitrogen and oxygen atoms in total. The average molecular weight is 267 g/mol. The fraction of sp³-hybridized carbons (Fsp3) is 0.933. The van der Waals surface area contributed by atoms with E-state index in [2.05, 4.69) is 36.3 Å². The molecular weight excluding hydrogens is 238 g/mol. The molecule has 0 spiro atoms. The number of hydrogen-bond donors (Lipinski definition) is 2. The summed E-state index contributed by atoms with van der Waals surface area (Å²) >= 11 is 0. The lowest BCUT2D eigenvalue weighted by Gasteiger charge is -2.35. The van der Waals surface area contributed by atoms with Crippen molar-refractivity contribution in [2.45, 2.75) is 58.5 Å². The lowest BCUT2D eigenvalue weighted by atomic mass is 9.97. The summed E-state index contributed by atoms with van der Waals surface area (Å²) in [7, 11) is 0. The first-order chi connectivity index (χ1) is 9.06. The molecule has 19 heavy (non-hydrogen) atoms. The highest BCUT2D eigenvalue weighted by atomic mass is 16.2. The Balaban J connectivity index is 1.65. The molecule has 1 heterocycles. The van der Waals surface area contributed by atoms with Gasteiger partial charge in [-0.15, -0.1) is 0 Å². The number of amides is 2. The molecule has 110 valence electrons. The molecule has 2 amide bonds. The molecular formula is C15H29N3O. The van der Waals surface area contributed by atoms with Crippen LogP contribution in [0.4, 0.5) is 4.79 Å². The second kappa shape index (κ2) is 6.60. The second-order valence-corrected chi connectivity index (χ2v) is 6.58. The Hall–Kier alpha value is -0.770. The van der Waals surface area contributed by atoms with E-state index in [0.29, 0.717) is 18.0 Å². The standard InChI is InChI=1S/C15H29N3O/c1-11(2)18-8-4-5-13(10-18)9-16-15(19)17-12(3)14-6-7-14/h11-14H,4-10H2,1-3H3,(H2,16,17,19)/t12-,13+/m1/s1. The Labute approximate surface area is 117 Å². The number of carbonyl (C=O) groups is 1. The minimum Gasteiger partial charge on any atom is -0.338 e. The summed E-state index contributed by atoms with van der Waals surface area (Å²) in [4.78, 5) is 14.3. The van der Waals surface area contributed by atoms with Gasteiger partial charge in [0.25, 0.3) is 0 Å². The van der Waals surface area contributed by atoms with Gasteiger partial charge in [-0.3, -0.25) is 0 Å². The predicted molar refractivity (Wildman–Crippen MR) is 78.2 cm³/mol. The van der Waals surface area contributed by atoms with Gasteiger partial charge in [-0.05, 0) is 64.8 Å². The highest BCUT2D eigenvalue weighted by Crippen LogP contribution is 2.32. The molecule has 4 heteroatoms. The van der Waals surface area contributed by atoms with Crippen molar-refractivity contribution in [1.82, 2.24) is 15.5 Å². The molecule has 0 aromatic rings. The summed E-state index contributed by atoms with van der Waals surface area (Å²) in [6.07, 6.45) is 5.03. The van der Waals surface area contributed by atoms with Crippen molar-refractivity contribution in [3.63, 3.8) is 0 Å². The molecule has 2 N–H and O–H groups in total. The zero-order valence-corrected chi connectivity index (χ0v) is 12.6. The molecule has 0 aromatic carbocycles. The number of urea groups is 1.